The maximum atomic E-state index is 9.36. The van der Waals surface area contributed by atoms with Crippen LogP contribution in [0.4, 0.5) is 0 Å². The molecule has 5 nitrogen and oxygen atoms in total. The zero-order valence-corrected chi connectivity index (χ0v) is 11.1. The van der Waals surface area contributed by atoms with Crippen LogP contribution in [0.15, 0.2) is 30.3 Å². The lowest BCUT2D eigenvalue weighted by atomic mass is 10.1. The van der Waals surface area contributed by atoms with Crippen LogP contribution in [-0.4, -0.2) is 23.0 Å². The van der Waals surface area contributed by atoms with Crippen molar-refractivity contribution < 1.29 is 4.65 Å². The fraction of sp³-hybridized carbons (Fsp3) is 0.154. The Kier molecular flexibility index (Phi) is 3.67. The van der Waals surface area contributed by atoms with Crippen molar-refractivity contribution in [2.45, 2.75) is 13.8 Å². The highest BCUT2D eigenvalue weighted by atomic mass is 16.4. The molecular formula is C13H13BN4O. The summed E-state index contributed by atoms with van der Waals surface area (Å²) in [5, 5.41) is 17.9. The van der Waals surface area contributed by atoms with E-state index in [1.54, 1.807) is 0 Å². The summed E-state index contributed by atoms with van der Waals surface area (Å²) >= 11 is 0. The Balaban J connectivity index is 2.60. The minimum absolute atomic E-state index is 0.324. The molecule has 1 heterocycles. The summed E-state index contributed by atoms with van der Waals surface area (Å²) in [6, 6.07) is 11.5. The number of aryl methyl sites for hydroxylation is 2. The first-order valence-corrected chi connectivity index (χ1v) is 5.82. The van der Waals surface area contributed by atoms with Crippen molar-refractivity contribution in [1.29, 1.82) is 5.26 Å². The Hall–Kier alpha value is -2.55. The highest BCUT2D eigenvalue weighted by Gasteiger charge is 2.14. The zero-order chi connectivity index (χ0) is 13.8. The monoisotopic (exact) mass is 252 g/mol. The molecule has 0 unspecified atom stereocenters. The molecule has 0 radical (unpaired) electrons. The van der Waals surface area contributed by atoms with Crippen molar-refractivity contribution in [2.24, 2.45) is 0 Å². The van der Waals surface area contributed by atoms with Crippen molar-refractivity contribution >= 4 is 19.5 Å². The summed E-state index contributed by atoms with van der Waals surface area (Å²) in [6.07, 6.45) is 0. The van der Waals surface area contributed by atoms with Crippen LogP contribution < -0.4 is 0 Å². The van der Waals surface area contributed by atoms with Gasteiger partial charge in [-0.2, -0.15) is 15.5 Å². The molecule has 1 aromatic carbocycles. The predicted molar refractivity (Wildman–Crippen MR) is 74.3 cm³/mol. The number of nitriles is 1. The fourth-order valence-corrected chi connectivity index (χ4v) is 1.67. The molecule has 0 bridgehead atoms. The number of nitrogens with zero attached hydrogens (tertiary/aromatic N) is 4. The van der Waals surface area contributed by atoms with Gasteiger partial charge in [0.1, 0.15) is 11.6 Å². The van der Waals surface area contributed by atoms with Crippen LogP contribution >= 0.6 is 0 Å². The number of benzene rings is 1. The van der Waals surface area contributed by atoms with Gasteiger partial charge in [-0.05, 0) is 19.4 Å². The molecule has 0 spiro atoms. The van der Waals surface area contributed by atoms with Crippen LogP contribution in [0, 0.1) is 25.2 Å². The Morgan fingerprint density at radius 2 is 1.79 bits per heavy atom. The Bertz CT molecular complexity index is 636. The standard InChI is InChI=1S/C13H13BN4O/c1-9-10(2)17-18(16-9)13(19-14)12(8-15)11-6-4-3-5-7-11/h3-7H,14H2,1-2H3. The molecule has 0 saturated carbocycles. The van der Waals surface area contributed by atoms with Crippen molar-refractivity contribution in [1.82, 2.24) is 15.0 Å². The minimum Gasteiger partial charge on any atom is -0.553 e. The predicted octanol–water partition coefficient (Wildman–Crippen LogP) is 1.31. The normalized spacial score (nSPS) is 11.6. The second-order valence-electron chi connectivity index (χ2n) is 4.02. The lowest BCUT2D eigenvalue weighted by Crippen LogP contribution is -2.07. The van der Waals surface area contributed by atoms with Gasteiger partial charge in [0.15, 0.2) is 0 Å². The smallest absolute Gasteiger partial charge is 0.324 e. The number of hydrogen-bond donors (Lipinski definition) is 0. The SMILES string of the molecule is BOC(=C(C#N)c1ccccc1)n1nc(C)c(C)n1. The lowest BCUT2D eigenvalue weighted by Gasteiger charge is -2.08. The molecule has 0 aliphatic carbocycles. The summed E-state index contributed by atoms with van der Waals surface area (Å²) in [4.78, 5) is 1.36. The number of rotatable bonds is 3. The average Bonchev–Trinajstić information content (AvgIpc) is 2.76. The van der Waals surface area contributed by atoms with Gasteiger partial charge < -0.3 is 4.65 Å². The van der Waals surface area contributed by atoms with Gasteiger partial charge in [0.25, 0.3) is 0 Å². The maximum absolute atomic E-state index is 9.36. The van der Waals surface area contributed by atoms with E-state index in [0.717, 1.165) is 17.0 Å². The van der Waals surface area contributed by atoms with E-state index in [9.17, 15) is 5.26 Å². The van der Waals surface area contributed by atoms with Gasteiger partial charge >= 0.3 is 8.05 Å². The Morgan fingerprint density at radius 3 is 2.26 bits per heavy atom. The maximum Gasteiger partial charge on any atom is 0.324 e. The first-order valence-electron chi connectivity index (χ1n) is 5.82. The first kappa shape index (κ1) is 12.9. The zero-order valence-electron chi connectivity index (χ0n) is 11.1. The van der Waals surface area contributed by atoms with Gasteiger partial charge in [-0.25, -0.2) is 0 Å². The third-order valence-corrected chi connectivity index (χ3v) is 2.78. The van der Waals surface area contributed by atoms with E-state index in [4.69, 9.17) is 4.65 Å². The molecule has 2 rings (SSSR count). The van der Waals surface area contributed by atoms with E-state index in [0.29, 0.717) is 11.5 Å². The van der Waals surface area contributed by atoms with Gasteiger partial charge in [0, 0.05) is 0 Å². The Labute approximate surface area is 112 Å². The third-order valence-electron chi connectivity index (χ3n) is 2.78. The molecule has 1 aromatic heterocycles. The van der Waals surface area contributed by atoms with Crippen LogP contribution in [0.1, 0.15) is 17.0 Å². The van der Waals surface area contributed by atoms with Crippen molar-refractivity contribution in [2.75, 3.05) is 0 Å². The molecule has 0 N–H and O–H groups in total. The number of allylic oxidation sites excluding steroid dienone is 1. The number of aromatic nitrogens is 3. The first-order chi connectivity index (χ1) is 9.17. The highest BCUT2D eigenvalue weighted by Crippen LogP contribution is 2.21. The van der Waals surface area contributed by atoms with E-state index < -0.39 is 0 Å². The quantitative estimate of drug-likeness (QED) is 0.469. The molecule has 0 saturated heterocycles. The van der Waals surface area contributed by atoms with Crippen LogP contribution in [0.5, 0.6) is 0 Å². The van der Waals surface area contributed by atoms with Crippen LogP contribution in [0.3, 0.4) is 0 Å². The largest absolute Gasteiger partial charge is 0.553 e. The second kappa shape index (κ2) is 5.40. The van der Waals surface area contributed by atoms with Gasteiger partial charge in [0.05, 0.1) is 11.4 Å². The van der Waals surface area contributed by atoms with Gasteiger partial charge in [0.2, 0.25) is 5.88 Å². The molecule has 0 aliphatic heterocycles. The second-order valence-corrected chi connectivity index (χ2v) is 4.02. The van der Waals surface area contributed by atoms with Gasteiger partial charge in [-0.1, -0.05) is 30.3 Å². The van der Waals surface area contributed by atoms with Crippen molar-refractivity contribution in [3.8, 4) is 6.07 Å². The molecular weight excluding hydrogens is 239 g/mol. The molecule has 0 atom stereocenters. The summed E-state index contributed by atoms with van der Waals surface area (Å²) in [5.74, 6) is 0.324. The molecule has 0 aliphatic rings. The molecule has 6 heteroatoms. The molecule has 19 heavy (non-hydrogen) atoms. The Morgan fingerprint density at radius 1 is 1.21 bits per heavy atom. The molecule has 94 valence electrons. The van der Waals surface area contributed by atoms with E-state index >= 15 is 0 Å². The van der Waals surface area contributed by atoms with E-state index in [1.807, 2.05) is 44.2 Å². The van der Waals surface area contributed by atoms with Crippen LogP contribution in [0.2, 0.25) is 0 Å². The van der Waals surface area contributed by atoms with Gasteiger partial charge in [-0.3, -0.25) is 0 Å². The summed E-state index contributed by atoms with van der Waals surface area (Å²) < 4.78 is 5.31. The molecule has 2 aromatic rings. The average molecular weight is 252 g/mol. The third kappa shape index (κ3) is 2.50. The summed E-state index contributed by atoms with van der Waals surface area (Å²) in [6.45, 7) is 3.72. The molecule has 0 amide bonds. The topological polar surface area (TPSA) is 63.7 Å². The van der Waals surface area contributed by atoms with E-state index in [1.165, 1.54) is 12.8 Å². The number of hydrogen-bond acceptors (Lipinski definition) is 4. The highest BCUT2D eigenvalue weighted by molar-refractivity contribution is 6.03. The van der Waals surface area contributed by atoms with E-state index in [2.05, 4.69) is 16.3 Å². The van der Waals surface area contributed by atoms with Crippen molar-refractivity contribution in [3.63, 3.8) is 0 Å². The lowest BCUT2D eigenvalue weighted by molar-refractivity contribution is 0.488. The molecule has 0 fully saturated rings. The van der Waals surface area contributed by atoms with Crippen LogP contribution in [-0.2, 0) is 4.65 Å². The fourth-order valence-electron chi connectivity index (χ4n) is 1.67. The van der Waals surface area contributed by atoms with Crippen LogP contribution in [0.25, 0.3) is 11.5 Å². The summed E-state index contributed by atoms with van der Waals surface area (Å²) in [7, 11) is 1.50. The summed E-state index contributed by atoms with van der Waals surface area (Å²) in [5.41, 5.74) is 2.78. The van der Waals surface area contributed by atoms with E-state index in [-0.39, 0.29) is 0 Å². The van der Waals surface area contributed by atoms with Gasteiger partial charge in [-0.15, -0.1) is 4.80 Å². The van der Waals surface area contributed by atoms with Crippen molar-refractivity contribution in [3.05, 3.63) is 47.3 Å². The minimum atomic E-state index is 0.324.